The number of carbonyl (C=O) groups is 2. The maximum absolute atomic E-state index is 13.0. The van der Waals surface area contributed by atoms with Gasteiger partial charge in [-0.05, 0) is 44.0 Å². The smallest absolute Gasteiger partial charge is 0.305 e. The first-order valence-electron chi connectivity index (χ1n) is 11.0. The summed E-state index contributed by atoms with van der Waals surface area (Å²) in [5.74, 6) is -0.994. The summed E-state index contributed by atoms with van der Waals surface area (Å²) >= 11 is 0. The van der Waals surface area contributed by atoms with Gasteiger partial charge in [-0.1, -0.05) is 18.2 Å². The van der Waals surface area contributed by atoms with Crippen molar-refractivity contribution in [3.63, 3.8) is 0 Å². The zero-order chi connectivity index (χ0) is 24.6. The lowest BCUT2D eigenvalue weighted by Gasteiger charge is -2.14. The van der Waals surface area contributed by atoms with Crippen LogP contribution < -0.4 is 10.9 Å². The molecule has 0 unspecified atom stereocenters. The van der Waals surface area contributed by atoms with Crippen LogP contribution in [0, 0.1) is 6.92 Å². The molecule has 1 aliphatic heterocycles. The molecule has 0 aliphatic carbocycles. The molecular formula is C24H22N4O6S. The number of amides is 2. The molecule has 180 valence electrons. The van der Waals surface area contributed by atoms with Gasteiger partial charge in [0.1, 0.15) is 16.3 Å². The van der Waals surface area contributed by atoms with Crippen LogP contribution in [-0.2, 0) is 10.0 Å². The minimum Gasteiger partial charge on any atom is -0.463 e. The molecule has 0 atom stereocenters. The molecule has 1 fully saturated rings. The standard InChI is InChI=1S/C24H22N4O6S/c1-15-22(35(31,32)28-10-4-5-11-28)14-21(34-15)24(30)27-26-23(29)17-13-19(20-9-6-12-33-20)25-18-8-3-2-7-16(17)18/h2-3,6-9,12-14H,4-5,10-11H2,1H3,(H,26,29)(H,27,30). The van der Waals surface area contributed by atoms with Gasteiger partial charge in [0, 0.05) is 24.5 Å². The maximum Gasteiger partial charge on any atom is 0.305 e. The number of para-hydroxylation sites is 1. The van der Waals surface area contributed by atoms with Gasteiger partial charge >= 0.3 is 5.91 Å². The Labute approximate surface area is 200 Å². The van der Waals surface area contributed by atoms with Crippen molar-refractivity contribution in [2.24, 2.45) is 0 Å². The Bertz CT molecular complexity index is 1520. The van der Waals surface area contributed by atoms with Crippen LogP contribution >= 0.6 is 0 Å². The number of hydrogen-bond acceptors (Lipinski definition) is 7. The predicted molar refractivity (Wildman–Crippen MR) is 126 cm³/mol. The topological polar surface area (TPSA) is 135 Å². The van der Waals surface area contributed by atoms with E-state index in [0.29, 0.717) is 35.4 Å². The fourth-order valence-corrected chi connectivity index (χ4v) is 5.74. The van der Waals surface area contributed by atoms with E-state index in [1.165, 1.54) is 23.6 Å². The second kappa shape index (κ2) is 9.01. The number of pyridine rings is 1. The summed E-state index contributed by atoms with van der Waals surface area (Å²) in [5.41, 5.74) is 5.98. The third-order valence-electron chi connectivity index (χ3n) is 5.80. The van der Waals surface area contributed by atoms with Gasteiger partial charge in [0.25, 0.3) is 5.91 Å². The summed E-state index contributed by atoms with van der Waals surface area (Å²) in [6.45, 7) is 2.35. The van der Waals surface area contributed by atoms with Crippen molar-refractivity contribution in [2.75, 3.05) is 13.1 Å². The van der Waals surface area contributed by atoms with Crippen molar-refractivity contribution in [2.45, 2.75) is 24.7 Å². The van der Waals surface area contributed by atoms with Gasteiger partial charge in [-0.15, -0.1) is 0 Å². The van der Waals surface area contributed by atoms with Gasteiger partial charge < -0.3 is 8.83 Å². The SMILES string of the molecule is Cc1oc(C(=O)NNC(=O)c2cc(-c3ccco3)nc3ccccc23)cc1S(=O)(=O)N1CCCC1. The highest BCUT2D eigenvalue weighted by Crippen LogP contribution is 2.27. The van der Waals surface area contributed by atoms with Gasteiger partial charge in [-0.25, -0.2) is 13.4 Å². The first kappa shape index (κ1) is 22.8. The van der Waals surface area contributed by atoms with Crippen molar-refractivity contribution >= 4 is 32.7 Å². The number of hydrogen-bond donors (Lipinski definition) is 2. The van der Waals surface area contributed by atoms with E-state index in [4.69, 9.17) is 8.83 Å². The average Bonchev–Trinajstić information content (AvgIpc) is 3.63. The average molecular weight is 495 g/mol. The normalized spacial score (nSPS) is 14.3. The molecule has 0 saturated carbocycles. The quantitative estimate of drug-likeness (QED) is 0.407. The summed E-state index contributed by atoms with van der Waals surface area (Å²) in [6, 6.07) is 13.3. The first-order valence-corrected chi connectivity index (χ1v) is 12.4. The van der Waals surface area contributed by atoms with Gasteiger partial charge in [-0.3, -0.25) is 20.4 Å². The molecular weight excluding hydrogens is 472 g/mol. The summed E-state index contributed by atoms with van der Waals surface area (Å²) < 4.78 is 37.9. The van der Waals surface area contributed by atoms with Crippen LogP contribution in [0.15, 0.2) is 68.5 Å². The van der Waals surface area contributed by atoms with Crippen molar-refractivity contribution in [3.8, 4) is 11.5 Å². The van der Waals surface area contributed by atoms with Crippen LogP contribution in [0.1, 0.15) is 39.5 Å². The second-order valence-electron chi connectivity index (χ2n) is 8.10. The molecule has 35 heavy (non-hydrogen) atoms. The van der Waals surface area contributed by atoms with E-state index in [-0.39, 0.29) is 22.0 Å². The Balaban J connectivity index is 1.36. The number of nitrogens with one attached hydrogen (secondary N) is 2. The Morgan fingerprint density at radius 2 is 1.74 bits per heavy atom. The van der Waals surface area contributed by atoms with Gasteiger partial charge in [0.15, 0.2) is 11.5 Å². The molecule has 0 bridgehead atoms. The molecule has 1 aromatic carbocycles. The van der Waals surface area contributed by atoms with Crippen LogP contribution in [0.25, 0.3) is 22.4 Å². The monoisotopic (exact) mass is 494 g/mol. The Morgan fingerprint density at radius 3 is 2.49 bits per heavy atom. The fourth-order valence-electron chi connectivity index (χ4n) is 4.06. The molecule has 10 nitrogen and oxygen atoms in total. The minimum atomic E-state index is -3.75. The molecule has 5 rings (SSSR count). The molecule has 11 heteroatoms. The van der Waals surface area contributed by atoms with Gasteiger partial charge in [0.2, 0.25) is 10.0 Å². The number of sulfonamides is 1. The summed E-state index contributed by atoms with van der Waals surface area (Å²) in [5, 5.41) is 0.586. The molecule has 4 aromatic rings. The Hall–Kier alpha value is -3.96. The van der Waals surface area contributed by atoms with Gasteiger partial charge in [-0.2, -0.15) is 4.31 Å². The van der Waals surface area contributed by atoms with E-state index in [1.807, 2.05) is 0 Å². The number of fused-ring (bicyclic) bond motifs is 1. The van der Waals surface area contributed by atoms with E-state index in [1.54, 1.807) is 42.5 Å². The van der Waals surface area contributed by atoms with E-state index in [9.17, 15) is 18.0 Å². The third kappa shape index (κ3) is 4.31. The lowest BCUT2D eigenvalue weighted by Crippen LogP contribution is -2.41. The molecule has 2 amide bonds. The Kier molecular flexibility index (Phi) is 5.87. The van der Waals surface area contributed by atoms with E-state index >= 15 is 0 Å². The number of aromatic nitrogens is 1. The molecule has 0 radical (unpaired) electrons. The summed E-state index contributed by atoms with van der Waals surface area (Å²) in [6.07, 6.45) is 3.09. The number of hydrazine groups is 1. The van der Waals surface area contributed by atoms with Crippen LogP contribution in [-0.4, -0.2) is 42.6 Å². The van der Waals surface area contributed by atoms with Crippen LogP contribution in [0.4, 0.5) is 0 Å². The van der Waals surface area contributed by atoms with Crippen LogP contribution in [0.3, 0.4) is 0 Å². The number of aryl methyl sites for hydroxylation is 1. The molecule has 2 N–H and O–H groups in total. The van der Waals surface area contributed by atoms with Gasteiger partial charge in [0.05, 0.1) is 17.3 Å². The predicted octanol–water partition coefficient (Wildman–Crippen LogP) is 3.26. The lowest BCUT2D eigenvalue weighted by atomic mass is 10.1. The highest BCUT2D eigenvalue weighted by Gasteiger charge is 2.31. The zero-order valence-electron chi connectivity index (χ0n) is 18.8. The minimum absolute atomic E-state index is 0.0564. The highest BCUT2D eigenvalue weighted by atomic mass is 32.2. The lowest BCUT2D eigenvalue weighted by molar-refractivity contribution is 0.0831. The van der Waals surface area contributed by atoms with E-state index < -0.39 is 21.8 Å². The summed E-state index contributed by atoms with van der Waals surface area (Å²) in [4.78, 5) is 30.1. The zero-order valence-corrected chi connectivity index (χ0v) is 19.6. The fraction of sp³-hybridized carbons (Fsp3) is 0.208. The number of rotatable bonds is 5. The third-order valence-corrected chi connectivity index (χ3v) is 7.81. The second-order valence-corrected chi connectivity index (χ2v) is 10.0. The highest BCUT2D eigenvalue weighted by molar-refractivity contribution is 7.89. The molecule has 3 aromatic heterocycles. The molecule has 4 heterocycles. The molecule has 1 saturated heterocycles. The van der Waals surface area contributed by atoms with Crippen LogP contribution in [0.2, 0.25) is 0 Å². The van der Waals surface area contributed by atoms with Crippen molar-refractivity contribution in [3.05, 3.63) is 71.9 Å². The van der Waals surface area contributed by atoms with E-state index in [2.05, 4.69) is 15.8 Å². The van der Waals surface area contributed by atoms with Crippen LogP contribution in [0.5, 0.6) is 0 Å². The first-order chi connectivity index (χ1) is 16.8. The maximum atomic E-state index is 13.0. The molecule has 1 aliphatic rings. The number of carbonyl (C=O) groups excluding carboxylic acids is 2. The van der Waals surface area contributed by atoms with Crippen molar-refractivity contribution in [1.29, 1.82) is 0 Å². The number of nitrogens with zero attached hydrogens (tertiary/aromatic N) is 2. The Morgan fingerprint density at radius 1 is 1.00 bits per heavy atom. The van der Waals surface area contributed by atoms with Crippen molar-refractivity contribution < 1.29 is 26.8 Å². The number of furan rings is 2. The van der Waals surface area contributed by atoms with Crippen molar-refractivity contribution in [1.82, 2.24) is 20.1 Å². The molecule has 0 spiro atoms. The number of benzene rings is 1. The van der Waals surface area contributed by atoms with E-state index in [0.717, 1.165) is 12.8 Å². The largest absolute Gasteiger partial charge is 0.463 e. The summed E-state index contributed by atoms with van der Waals surface area (Å²) in [7, 11) is -3.75.